The fourth-order valence-corrected chi connectivity index (χ4v) is 9.90. The first-order chi connectivity index (χ1) is 48.8. The van der Waals surface area contributed by atoms with Crippen LogP contribution in [-0.4, -0.2) is 178 Å². The number of aromatic carboxylic acids is 2. The van der Waals surface area contributed by atoms with Crippen LogP contribution in [0.4, 0.5) is 0 Å². The molecule has 36 heteroatoms. The minimum Gasteiger partial charge on any atom is -0.870 e. The van der Waals surface area contributed by atoms with Crippen molar-refractivity contribution in [2.45, 2.75) is 0 Å². The Balaban J connectivity index is 0.000000608. The number of carbonyl (C=O) groups is 6. The molecule has 0 fully saturated rings. The zero-order chi connectivity index (χ0) is 75.0. The quantitative estimate of drug-likeness (QED) is 0.0575. The number of carboxylic acids is 2. The number of esters is 4. The van der Waals surface area contributed by atoms with Crippen LogP contribution >= 0.6 is 31.9 Å². The molecule has 0 amide bonds. The summed E-state index contributed by atoms with van der Waals surface area (Å²) in [6.07, 6.45) is 9.99. The first kappa shape index (κ1) is 94.3. The number of carbonyl (C=O) groups excluding carboxylic acids is 4. The standard InChI is InChI=1S/2C12H12N2O2.2C11H10N2O2.2C6H7BO2.2C6H7BrN2O2.2Na.2H2O/c1-14-8-10(9-6-4-3-5-7-9)11(13-14)12(15)16-2;1-14-11(12(15)16-2)10(8-13-14)9-6-4-3-5-7-9;1-13-7-9(10(12-13)11(14)15)8-5-3-2-4-6-8;1-13-10(11(14)15)9(7-12-13)8-5-3-2-4-6-8;2*8-7(9)6-4-2-1-3-5-6;1-9-3-4(7)5(8-9)6(10)11-2;1-9-5(6(10)11-2)4(7)3-8-9;;;;/h2*3-8H,1-2H3;2*2-7H,1H3,(H,14,15);2*1-5,8-9H;2*3H,1-2H3;;;2*1H2/q;;;;;;;;2*+1;;/p-2. The topological polar surface area (TPSA) is 428 Å². The maximum Gasteiger partial charge on any atom is 1.00 e. The number of hydrogen-bond donors (Lipinski definition) is 6. The number of halogens is 2. The number of hydrogen-bond acceptors (Lipinski definition) is 22. The summed E-state index contributed by atoms with van der Waals surface area (Å²) < 4.78 is 28.7. The van der Waals surface area contributed by atoms with E-state index in [-0.39, 0.29) is 87.4 Å². The van der Waals surface area contributed by atoms with Crippen molar-refractivity contribution in [2.24, 2.45) is 42.3 Å². The van der Waals surface area contributed by atoms with Crippen LogP contribution < -0.4 is 70.0 Å². The molecule has 0 saturated carbocycles. The zero-order valence-electron chi connectivity index (χ0n) is 59.7. The van der Waals surface area contributed by atoms with Crippen LogP contribution in [-0.2, 0) is 61.2 Å². The number of nitrogens with zero attached hydrogens (tertiary/aromatic N) is 12. The van der Waals surface area contributed by atoms with Crippen LogP contribution in [0.5, 0.6) is 0 Å². The molecule has 0 unspecified atom stereocenters. The number of ether oxygens (including phenoxy) is 4. The van der Waals surface area contributed by atoms with Gasteiger partial charge < -0.3 is 60.2 Å². The third kappa shape index (κ3) is 28.6. The Morgan fingerprint density at radius 3 is 0.943 bits per heavy atom. The molecular formula is C70H74B2Br2N12Na2O18. The molecule has 0 aliphatic heterocycles. The maximum atomic E-state index is 11.6. The Morgan fingerprint density at radius 2 is 0.632 bits per heavy atom. The largest absolute Gasteiger partial charge is 1.00 e. The Hall–Kier alpha value is -9.75. The summed E-state index contributed by atoms with van der Waals surface area (Å²) in [5, 5.41) is 76.1. The molecular weight excluding hydrogens is 1520 g/mol. The number of aromatic nitrogens is 12. The van der Waals surface area contributed by atoms with E-state index in [2.05, 4.69) is 71.9 Å². The van der Waals surface area contributed by atoms with Gasteiger partial charge in [-0.25, -0.2) is 28.8 Å². The minimum absolute atomic E-state index is 0. The monoisotopic (exact) mass is 1600 g/mol. The van der Waals surface area contributed by atoms with Gasteiger partial charge in [0, 0.05) is 83.1 Å². The number of carboxylic acid groups (broad SMARTS) is 2. The molecule has 106 heavy (non-hydrogen) atoms. The number of benzene rings is 6. The summed E-state index contributed by atoms with van der Waals surface area (Å²) in [7, 11) is 12.9. The van der Waals surface area contributed by atoms with Gasteiger partial charge in [-0.05, 0) is 65.0 Å². The predicted molar refractivity (Wildman–Crippen MR) is 392 cm³/mol. The van der Waals surface area contributed by atoms with Crippen LogP contribution in [0.15, 0.2) is 228 Å². The van der Waals surface area contributed by atoms with Gasteiger partial charge in [-0.3, -0.25) is 28.1 Å². The van der Waals surface area contributed by atoms with E-state index in [0.717, 1.165) is 33.4 Å². The van der Waals surface area contributed by atoms with Gasteiger partial charge in [-0.2, -0.15) is 30.6 Å². The van der Waals surface area contributed by atoms with E-state index in [1.165, 1.54) is 51.8 Å². The molecule has 0 aliphatic rings. The molecule has 0 saturated heterocycles. The molecule has 544 valence electrons. The van der Waals surface area contributed by atoms with E-state index < -0.39 is 44.1 Å². The molecule has 6 heterocycles. The van der Waals surface area contributed by atoms with Crippen LogP contribution in [0, 0.1) is 0 Å². The minimum atomic E-state index is -1.34. The van der Waals surface area contributed by atoms with Crippen molar-refractivity contribution in [1.29, 1.82) is 0 Å². The average Bonchev–Trinajstić information content (AvgIpc) is 1.69. The summed E-state index contributed by atoms with van der Waals surface area (Å²) in [4.78, 5) is 67.0. The second-order valence-electron chi connectivity index (χ2n) is 20.8. The normalized spacial score (nSPS) is 9.51. The van der Waals surface area contributed by atoms with Gasteiger partial charge in [0.15, 0.2) is 34.2 Å². The molecule has 6 aromatic heterocycles. The molecule has 0 spiro atoms. The Morgan fingerprint density at radius 1 is 0.349 bits per heavy atom. The van der Waals surface area contributed by atoms with Crippen molar-refractivity contribution in [3.63, 3.8) is 0 Å². The van der Waals surface area contributed by atoms with Gasteiger partial charge in [0.2, 0.25) is 0 Å². The van der Waals surface area contributed by atoms with Crippen LogP contribution in [0.3, 0.4) is 0 Å². The molecule has 12 rings (SSSR count). The summed E-state index contributed by atoms with van der Waals surface area (Å²) in [6.45, 7) is 0. The van der Waals surface area contributed by atoms with Crippen LogP contribution in [0.2, 0.25) is 0 Å². The molecule has 0 aliphatic carbocycles. The van der Waals surface area contributed by atoms with Gasteiger partial charge in [0.05, 0.1) is 56.0 Å². The maximum absolute atomic E-state index is 11.6. The van der Waals surface area contributed by atoms with Gasteiger partial charge >= 0.3 is 109 Å². The average molecular weight is 1600 g/mol. The van der Waals surface area contributed by atoms with Gasteiger partial charge in [-0.1, -0.05) is 182 Å². The number of aryl methyl sites for hydroxylation is 6. The number of methoxy groups -OCH3 is 4. The van der Waals surface area contributed by atoms with Gasteiger partial charge in [-0.15, -0.1) is 0 Å². The molecule has 6 aromatic carbocycles. The Kier molecular flexibility index (Phi) is 43.0. The smallest absolute Gasteiger partial charge is 0.870 e. The van der Waals surface area contributed by atoms with Gasteiger partial charge in [0.25, 0.3) is 0 Å². The van der Waals surface area contributed by atoms with E-state index in [9.17, 15) is 28.8 Å². The zero-order valence-corrected chi connectivity index (χ0v) is 66.9. The van der Waals surface area contributed by atoms with Crippen molar-refractivity contribution >= 4 is 92.8 Å². The summed E-state index contributed by atoms with van der Waals surface area (Å²) in [5.74, 6) is -3.59. The van der Waals surface area contributed by atoms with Crippen LogP contribution in [0.1, 0.15) is 62.9 Å². The van der Waals surface area contributed by atoms with E-state index in [1.807, 2.05) is 140 Å². The first-order valence-corrected chi connectivity index (χ1v) is 31.7. The second-order valence-corrected chi connectivity index (χ2v) is 22.5. The van der Waals surface area contributed by atoms with Gasteiger partial charge in [0.1, 0.15) is 0 Å². The van der Waals surface area contributed by atoms with Crippen molar-refractivity contribution < 1.29 is 148 Å². The molecule has 30 nitrogen and oxygen atoms in total. The first-order valence-electron chi connectivity index (χ1n) is 30.1. The number of rotatable bonds is 12. The molecule has 0 atom stereocenters. The van der Waals surface area contributed by atoms with Crippen LogP contribution in [0.25, 0.3) is 44.5 Å². The van der Waals surface area contributed by atoms with E-state index in [0.29, 0.717) is 53.8 Å². The second kappa shape index (κ2) is 48.4. The summed E-state index contributed by atoms with van der Waals surface area (Å²) in [5.41, 5.74) is 9.38. The summed E-state index contributed by atoms with van der Waals surface area (Å²) >= 11 is 6.35. The van der Waals surface area contributed by atoms with Crippen molar-refractivity contribution in [3.8, 4) is 44.5 Å². The molecule has 12 aromatic rings. The van der Waals surface area contributed by atoms with E-state index in [1.54, 1.807) is 126 Å². The fourth-order valence-electron chi connectivity index (χ4n) is 8.85. The summed E-state index contributed by atoms with van der Waals surface area (Å²) in [6, 6.07) is 55.3. The Bertz CT molecular complexity index is 4500. The molecule has 8 N–H and O–H groups in total. The Labute approximate surface area is 671 Å². The SMILES string of the molecule is COC(=O)c1c(-c2ccccc2)cnn1C.COC(=O)c1c(Br)cnn1C.COC(=O)c1nn(C)cc1-c1ccccc1.COC(=O)c1nn(C)cc1Br.Cn1cc(-c2ccccc2)c(C(=O)O)n1.Cn1ncc(-c2ccccc2)c1C(=O)O.OB(O)c1ccccc1.OB(O)c1ccccc1.[Na+].[Na+].[OH-].[OH-]. The fraction of sp³-hybridized carbons (Fsp3) is 0.143. The van der Waals surface area contributed by atoms with E-state index >= 15 is 0 Å². The van der Waals surface area contributed by atoms with Crippen molar-refractivity contribution in [3.05, 3.63) is 262 Å². The molecule has 0 radical (unpaired) electrons. The van der Waals surface area contributed by atoms with Crippen molar-refractivity contribution in [1.82, 2.24) is 58.7 Å². The van der Waals surface area contributed by atoms with E-state index in [4.69, 9.17) is 39.8 Å². The van der Waals surface area contributed by atoms with Crippen molar-refractivity contribution in [2.75, 3.05) is 28.4 Å². The predicted octanol–water partition coefficient (Wildman–Crippen LogP) is 1.64. The molecule has 0 bridgehead atoms. The third-order valence-corrected chi connectivity index (χ3v) is 14.8. The third-order valence-electron chi connectivity index (χ3n) is 13.7.